The van der Waals surface area contributed by atoms with E-state index in [1.807, 2.05) is 6.92 Å². The molecule has 0 bridgehead atoms. The molecule has 3 N–H and O–H groups in total. The molecule has 0 amide bonds. The van der Waals surface area contributed by atoms with Crippen LogP contribution in [0, 0.1) is 6.92 Å². The molecule has 0 aliphatic heterocycles. The average Bonchev–Trinajstić information content (AvgIpc) is 2.47. The molecule has 0 radical (unpaired) electrons. The zero-order valence-corrected chi connectivity index (χ0v) is 13.0. The van der Waals surface area contributed by atoms with E-state index in [1.165, 1.54) is 19.2 Å². The Balaban J connectivity index is 0.000000220. The van der Waals surface area contributed by atoms with Crippen molar-refractivity contribution in [1.29, 1.82) is 0 Å². The van der Waals surface area contributed by atoms with Crippen LogP contribution in [0.4, 0.5) is 0 Å². The van der Waals surface area contributed by atoms with Crippen LogP contribution in [-0.4, -0.2) is 36.7 Å². The first-order chi connectivity index (χ1) is 10.3. The minimum Gasteiger partial charge on any atom is -0.399 e. The zero-order valence-electron chi connectivity index (χ0n) is 12.2. The average molecular weight is 323 g/mol. The summed E-state index contributed by atoms with van der Waals surface area (Å²) in [6, 6.07) is 5.99. The van der Waals surface area contributed by atoms with E-state index in [-0.39, 0.29) is 11.0 Å². The van der Waals surface area contributed by atoms with E-state index in [2.05, 4.69) is 4.79 Å². The van der Waals surface area contributed by atoms with Crippen molar-refractivity contribution in [3.63, 3.8) is 0 Å². The van der Waals surface area contributed by atoms with Gasteiger partial charge >= 0.3 is 5.71 Å². The summed E-state index contributed by atoms with van der Waals surface area (Å²) in [6.45, 7) is 1.84. The molecule has 1 aromatic rings. The van der Waals surface area contributed by atoms with Crippen molar-refractivity contribution in [2.24, 2.45) is 5.73 Å². The van der Waals surface area contributed by atoms with Crippen molar-refractivity contribution in [2.75, 3.05) is 7.11 Å². The van der Waals surface area contributed by atoms with Gasteiger partial charge in [0.2, 0.25) is 0 Å². The molecular weight excluding hydrogens is 306 g/mol. The van der Waals surface area contributed by atoms with Gasteiger partial charge in [0.05, 0.1) is 4.90 Å². The predicted octanol–water partition coefficient (Wildman–Crippen LogP) is 1.33. The lowest BCUT2D eigenvalue weighted by molar-refractivity contribution is -0.0184. The van der Waals surface area contributed by atoms with Gasteiger partial charge in [-0.1, -0.05) is 17.7 Å². The van der Waals surface area contributed by atoms with Gasteiger partial charge in [-0.05, 0) is 31.2 Å². The van der Waals surface area contributed by atoms with Crippen LogP contribution in [0.3, 0.4) is 0 Å². The van der Waals surface area contributed by atoms with E-state index in [9.17, 15) is 8.42 Å². The maximum atomic E-state index is 10.5. The fraction of sp³-hybridized carbons (Fsp3) is 0.214. The SMILES string of the molecule is COC1C=C(N)C=CC1=[N+]=[N-].Cc1ccc(S(=O)(=O)O)cc1. The van der Waals surface area contributed by atoms with Crippen LogP contribution in [0.15, 0.2) is 53.1 Å². The normalized spacial score (nSPS) is 17.1. The van der Waals surface area contributed by atoms with Gasteiger partial charge in [0, 0.05) is 18.9 Å². The number of nitrogens with two attached hydrogens (primary N) is 1. The van der Waals surface area contributed by atoms with Crippen molar-refractivity contribution in [3.8, 4) is 0 Å². The summed E-state index contributed by atoms with van der Waals surface area (Å²) in [5.74, 6) is 0. The van der Waals surface area contributed by atoms with Crippen LogP contribution < -0.4 is 5.73 Å². The van der Waals surface area contributed by atoms with Gasteiger partial charge in [0.1, 0.15) is 0 Å². The Hall–Kier alpha value is -2.25. The van der Waals surface area contributed by atoms with Crippen molar-refractivity contribution in [2.45, 2.75) is 17.9 Å². The van der Waals surface area contributed by atoms with Crippen molar-refractivity contribution in [3.05, 3.63) is 59.3 Å². The Morgan fingerprint density at radius 1 is 1.27 bits per heavy atom. The molecule has 1 unspecified atom stereocenters. The topological polar surface area (TPSA) is 126 Å². The molecule has 22 heavy (non-hydrogen) atoms. The van der Waals surface area contributed by atoms with Crippen LogP contribution in [0.5, 0.6) is 0 Å². The predicted molar refractivity (Wildman–Crippen MR) is 81.8 cm³/mol. The van der Waals surface area contributed by atoms with Crippen LogP contribution >= 0.6 is 0 Å². The van der Waals surface area contributed by atoms with Gasteiger partial charge in [-0.3, -0.25) is 4.55 Å². The highest BCUT2D eigenvalue weighted by Gasteiger charge is 2.20. The van der Waals surface area contributed by atoms with Crippen LogP contribution in [0.25, 0.3) is 5.53 Å². The van der Waals surface area contributed by atoms with Crippen molar-refractivity contribution >= 4 is 15.8 Å². The molecule has 2 rings (SSSR count). The second-order valence-electron chi connectivity index (χ2n) is 4.47. The highest BCUT2D eigenvalue weighted by molar-refractivity contribution is 7.85. The van der Waals surface area contributed by atoms with E-state index < -0.39 is 10.1 Å². The largest absolute Gasteiger partial charge is 0.399 e. The zero-order chi connectivity index (χ0) is 16.8. The standard InChI is InChI=1S/C7H9N3O.C7H8O3S/c1-11-7-4-5(8)2-3-6(7)10-9;1-6-2-4-7(5-3-6)11(8,9)10/h2-4,7H,8H2,1H3;2-5H,1H3,(H,8,9,10). The van der Waals surface area contributed by atoms with E-state index in [0.29, 0.717) is 11.4 Å². The van der Waals surface area contributed by atoms with Crippen molar-refractivity contribution < 1.29 is 22.5 Å². The first-order valence-corrected chi connectivity index (χ1v) is 7.66. The maximum absolute atomic E-state index is 10.5. The van der Waals surface area contributed by atoms with Gasteiger partial charge in [-0.25, -0.2) is 0 Å². The minimum atomic E-state index is -4.02. The first kappa shape index (κ1) is 17.8. The Bertz CT molecular complexity index is 730. The maximum Gasteiger partial charge on any atom is 0.324 e. The number of ether oxygens (including phenoxy) is 1. The Morgan fingerprint density at radius 2 is 1.86 bits per heavy atom. The molecule has 0 saturated heterocycles. The third-order valence-corrected chi connectivity index (χ3v) is 3.64. The Morgan fingerprint density at radius 3 is 2.32 bits per heavy atom. The fourth-order valence-corrected chi connectivity index (χ4v) is 2.06. The number of methoxy groups -OCH3 is 1. The Labute approximate surface area is 129 Å². The Kier molecular flexibility index (Phi) is 6.21. The van der Waals surface area contributed by atoms with Crippen LogP contribution in [0.1, 0.15) is 5.56 Å². The summed E-state index contributed by atoms with van der Waals surface area (Å²) in [6.07, 6.45) is 4.62. The molecule has 8 heteroatoms. The van der Waals surface area contributed by atoms with Gasteiger partial charge < -0.3 is 16.0 Å². The lowest BCUT2D eigenvalue weighted by Gasteiger charge is -2.07. The number of rotatable bonds is 2. The molecule has 0 fully saturated rings. The minimum absolute atomic E-state index is 0.0666. The summed E-state index contributed by atoms with van der Waals surface area (Å²) in [5, 5.41) is 0. The molecule has 0 spiro atoms. The smallest absolute Gasteiger partial charge is 0.324 e. The van der Waals surface area contributed by atoms with E-state index >= 15 is 0 Å². The lowest BCUT2D eigenvalue weighted by Crippen LogP contribution is -2.24. The number of hydrogen-bond donors (Lipinski definition) is 2. The van der Waals surface area contributed by atoms with Gasteiger partial charge in [-0.15, -0.1) is 0 Å². The van der Waals surface area contributed by atoms with Crippen LogP contribution in [-0.2, 0) is 14.9 Å². The molecular formula is C14H17N3O4S. The van der Waals surface area contributed by atoms with Gasteiger partial charge in [0.25, 0.3) is 10.1 Å². The fourth-order valence-electron chi connectivity index (χ4n) is 1.58. The molecule has 1 atom stereocenters. The van der Waals surface area contributed by atoms with Crippen LogP contribution in [0.2, 0.25) is 0 Å². The third kappa shape index (κ3) is 5.27. The molecule has 1 aliphatic carbocycles. The molecule has 1 aromatic carbocycles. The van der Waals surface area contributed by atoms with Gasteiger partial charge in [0.15, 0.2) is 6.10 Å². The molecule has 0 aromatic heterocycles. The summed E-state index contributed by atoms with van der Waals surface area (Å²) in [5.41, 5.74) is 16.0. The quantitative estimate of drug-likeness (QED) is 0.482. The third-order valence-electron chi connectivity index (χ3n) is 2.77. The summed E-state index contributed by atoms with van der Waals surface area (Å²) < 4.78 is 34.5. The number of hydrogen-bond acceptors (Lipinski definition) is 4. The molecule has 118 valence electrons. The number of nitrogens with zero attached hydrogens (tertiary/aromatic N) is 2. The van der Waals surface area contributed by atoms with E-state index in [4.69, 9.17) is 20.6 Å². The van der Waals surface area contributed by atoms with E-state index in [1.54, 1.807) is 30.4 Å². The second-order valence-corrected chi connectivity index (χ2v) is 5.89. The molecule has 0 saturated carbocycles. The van der Waals surface area contributed by atoms with Crippen molar-refractivity contribution in [1.82, 2.24) is 0 Å². The summed E-state index contributed by atoms with van der Waals surface area (Å²) >= 11 is 0. The first-order valence-electron chi connectivity index (χ1n) is 6.22. The highest BCUT2D eigenvalue weighted by atomic mass is 32.2. The monoisotopic (exact) mass is 323 g/mol. The number of allylic oxidation sites excluding steroid dienone is 1. The summed E-state index contributed by atoms with van der Waals surface area (Å²) in [7, 11) is -2.49. The van der Waals surface area contributed by atoms with E-state index in [0.717, 1.165) is 5.56 Å². The summed E-state index contributed by atoms with van der Waals surface area (Å²) in [4.78, 5) is 2.97. The second kappa shape index (κ2) is 7.67. The molecule has 1 aliphatic rings. The lowest BCUT2D eigenvalue weighted by atomic mass is 10.1. The number of benzene rings is 1. The molecule has 7 nitrogen and oxygen atoms in total. The molecule has 0 heterocycles. The van der Waals surface area contributed by atoms with Gasteiger partial charge in [-0.2, -0.15) is 13.2 Å². The highest BCUT2D eigenvalue weighted by Crippen LogP contribution is 2.08. The number of aryl methyl sites for hydroxylation is 1.